The second-order valence-corrected chi connectivity index (χ2v) is 5.47. The number of hydrogen-bond donors (Lipinski definition) is 3. The lowest BCUT2D eigenvalue weighted by Crippen LogP contribution is -2.50. The van der Waals surface area contributed by atoms with E-state index in [1.165, 1.54) is 4.90 Å². The van der Waals surface area contributed by atoms with Crippen molar-refractivity contribution in [3.05, 3.63) is 28.8 Å². The van der Waals surface area contributed by atoms with E-state index in [0.29, 0.717) is 35.7 Å². The van der Waals surface area contributed by atoms with Crippen LogP contribution in [0.4, 0.5) is 5.69 Å². The van der Waals surface area contributed by atoms with Gasteiger partial charge in [0.25, 0.3) is 0 Å². The molecule has 2 rings (SSSR count). The van der Waals surface area contributed by atoms with Crippen LogP contribution in [0.2, 0.25) is 5.02 Å². The predicted octanol–water partition coefficient (Wildman–Crippen LogP) is 0.214. The van der Waals surface area contributed by atoms with Gasteiger partial charge in [-0.1, -0.05) is 11.6 Å². The fourth-order valence-electron chi connectivity index (χ4n) is 2.39. The number of hydrogen-bond acceptors (Lipinski definition) is 4. The SMILES string of the molecule is NCCC[C@@H](C(N)=O)N1Cc2cc(Cl)ccc2NC(=O)C1=O. The fraction of sp³-hybridized carbons (Fsp3) is 0.357. The van der Waals surface area contributed by atoms with Crippen LogP contribution >= 0.6 is 11.6 Å². The van der Waals surface area contributed by atoms with Crippen LogP contribution in [-0.2, 0) is 20.9 Å². The van der Waals surface area contributed by atoms with Crippen LogP contribution in [0.5, 0.6) is 0 Å². The third kappa shape index (κ3) is 3.37. The molecule has 1 aliphatic heterocycles. The zero-order valence-corrected chi connectivity index (χ0v) is 12.6. The Bertz CT molecular complexity index is 620. The van der Waals surface area contributed by atoms with Gasteiger partial charge in [0.1, 0.15) is 6.04 Å². The Balaban J connectivity index is 2.38. The van der Waals surface area contributed by atoms with E-state index >= 15 is 0 Å². The zero-order chi connectivity index (χ0) is 16.3. The number of amides is 3. The molecule has 0 radical (unpaired) electrons. The first kappa shape index (κ1) is 16.3. The fourth-order valence-corrected chi connectivity index (χ4v) is 2.59. The van der Waals surface area contributed by atoms with Gasteiger partial charge in [-0.3, -0.25) is 14.4 Å². The summed E-state index contributed by atoms with van der Waals surface area (Å²) in [5.74, 6) is -2.27. The molecule has 1 aliphatic rings. The number of halogens is 1. The van der Waals surface area contributed by atoms with E-state index in [4.69, 9.17) is 23.1 Å². The van der Waals surface area contributed by atoms with E-state index in [9.17, 15) is 14.4 Å². The molecule has 0 spiro atoms. The lowest BCUT2D eigenvalue weighted by molar-refractivity contribution is -0.147. The average molecular weight is 325 g/mol. The summed E-state index contributed by atoms with van der Waals surface area (Å²) in [6, 6.07) is 3.99. The number of primary amides is 1. The second-order valence-electron chi connectivity index (χ2n) is 5.04. The Labute approximate surface area is 132 Å². The smallest absolute Gasteiger partial charge is 0.313 e. The van der Waals surface area contributed by atoms with Gasteiger partial charge in [0, 0.05) is 17.3 Å². The van der Waals surface area contributed by atoms with Crippen molar-refractivity contribution >= 4 is 35.0 Å². The minimum atomic E-state index is -0.883. The summed E-state index contributed by atoms with van der Waals surface area (Å²) < 4.78 is 0. The Kier molecular flexibility index (Phi) is 4.99. The molecule has 8 heteroatoms. The number of rotatable bonds is 5. The van der Waals surface area contributed by atoms with Gasteiger partial charge in [-0.15, -0.1) is 0 Å². The topological polar surface area (TPSA) is 119 Å². The maximum Gasteiger partial charge on any atom is 0.313 e. The van der Waals surface area contributed by atoms with Crippen LogP contribution in [0.25, 0.3) is 0 Å². The van der Waals surface area contributed by atoms with E-state index in [1.807, 2.05) is 0 Å². The largest absolute Gasteiger partial charge is 0.368 e. The lowest BCUT2D eigenvalue weighted by Gasteiger charge is -2.27. The van der Waals surface area contributed by atoms with E-state index in [0.717, 1.165) is 0 Å². The van der Waals surface area contributed by atoms with E-state index < -0.39 is 23.8 Å². The molecule has 0 aromatic heterocycles. The van der Waals surface area contributed by atoms with Crippen molar-refractivity contribution < 1.29 is 14.4 Å². The number of carbonyl (C=O) groups is 3. The first-order valence-corrected chi connectivity index (χ1v) is 7.21. The molecule has 0 saturated carbocycles. The number of nitrogens with two attached hydrogens (primary N) is 2. The molecule has 1 heterocycles. The summed E-state index contributed by atoms with van der Waals surface area (Å²) in [7, 11) is 0. The average Bonchev–Trinajstić information content (AvgIpc) is 2.58. The second kappa shape index (κ2) is 6.76. The number of anilines is 1. The number of benzene rings is 1. The molecule has 1 atom stereocenters. The van der Waals surface area contributed by atoms with E-state index in [1.54, 1.807) is 18.2 Å². The standard InChI is InChI=1S/C14H17ClN4O3/c15-9-3-4-10-8(6-9)7-19(14(22)13(21)18-10)11(12(17)20)2-1-5-16/h3-4,6,11H,1-2,5,7,16H2,(H2,17,20)(H,18,21)/t11-/m0/s1. The molecule has 1 aromatic rings. The van der Waals surface area contributed by atoms with Crippen molar-refractivity contribution in [3.63, 3.8) is 0 Å². The molecule has 0 saturated heterocycles. The number of nitrogens with zero attached hydrogens (tertiary/aromatic N) is 1. The molecule has 118 valence electrons. The van der Waals surface area contributed by atoms with Gasteiger partial charge >= 0.3 is 11.8 Å². The van der Waals surface area contributed by atoms with Crippen LogP contribution < -0.4 is 16.8 Å². The minimum Gasteiger partial charge on any atom is -0.368 e. The summed E-state index contributed by atoms with van der Waals surface area (Å²) in [5, 5.41) is 2.99. The molecule has 0 unspecified atom stereocenters. The molecule has 0 fully saturated rings. The van der Waals surface area contributed by atoms with E-state index in [-0.39, 0.29) is 6.54 Å². The van der Waals surface area contributed by atoms with Crippen LogP contribution in [0.15, 0.2) is 18.2 Å². The van der Waals surface area contributed by atoms with Gasteiger partial charge in [0.05, 0.1) is 0 Å². The maximum atomic E-state index is 12.2. The number of carbonyl (C=O) groups excluding carboxylic acids is 3. The van der Waals surface area contributed by atoms with Crippen LogP contribution in [0, 0.1) is 0 Å². The molecule has 22 heavy (non-hydrogen) atoms. The van der Waals surface area contributed by atoms with Crippen molar-refractivity contribution in [2.24, 2.45) is 11.5 Å². The zero-order valence-electron chi connectivity index (χ0n) is 11.8. The van der Waals surface area contributed by atoms with E-state index in [2.05, 4.69) is 5.32 Å². The van der Waals surface area contributed by atoms with Gasteiger partial charge in [-0.25, -0.2) is 0 Å². The lowest BCUT2D eigenvalue weighted by atomic mass is 10.1. The quantitative estimate of drug-likeness (QED) is 0.671. The predicted molar refractivity (Wildman–Crippen MR) is 81.9 cm³/mol. The Morgan fingerprint density at radius 2 is 2.14 bits per heavy atom. The van der Waals surface area contributed by atoms with Crippen LogP contribution in [-0.4, -0.2) is 35.2 Å². The van der Waals surface area contributed by atoms with Crippen LogP contribution in [0.3, 0.4) is 0 Å². The summed E-state index contributed by atoms with van der Waals surface area (Å²) in [5.41, 5.74) is 12.0. The third-order valence-electron chi connectivity index (χ3n) is 3.50. The molecule has 0 bridgehead atoms. The monoisotopic (exact) mass is 324 g/mol. The van der Waals surface area contributed by atoms with Crippen molar-refractivity contribution in [3.8, 4) is 0 Å². The number of nitrogens with one attached hydrogen (secondary N) is 1. The molecular weight excluding hydrogens is 308 g/mol. The van der Waals surface area contributed by atoms with Crippen LogP contribution in [0.1, 0.15) is 18.4 Å². The summed E-state index contributed by atoms with van der Waals surface area (Å²) >= 11 is 5.95. The first-order chi connectivity index (χ1) is 10.4. The number of fused-ring (bicyclic) bond motifs is 1. The summed E-state index contributed by atoms with van der Waals surface area (Å²) in [4.78, 5) is 37.1. The van der Waals surface area contributed by atoms with Gasteiger partial charge in [-0.05, 0) is 43.1 Å². The third-order valence-corrected chi connectivity index (χ3v) is 3.73. The van der Waals surface area contributed by atoms with Gasteiger partial charge < -0.3 is 21.7 Å². The highest BCUT2D eigenvalue weighted by Crippen LogP contribution is 2.26. The highest BCUT2D eigenvalue weighted by molar-refractivity contribution is 6.40. The Hall–Kier alpha value is -2.12. The van der Waals surface area contributed by atoms with Crippen molar-refractivity contribution in [2.75, 3.05) is 11.9 Å². The normalized spacial score (nSPS) is 15.8. The Morgan fingerprint density at radius 3 is 2.77 bits per heavy atom. The molecular formula is C14H17ClN4O3. The summed E-state index contributed by atoms with van der Waals surface area (Å²) in [6.45, 7) is 0.437. The molecule has 3 amide bonds. The highest BCUT2D eigenvalue weighted by atomic mass is 35.5. The first-order valence-electron chi connectivity index (χ1n) is 6.83. The highest BCUT2D eigenvalue weighted by Gasteiger charge is 2.34. The molecule has 1 aromatic carbocycles. The molecule has 5 N–H and O–H groups in total. The van der Waals surface area contributed by atoms with Gasteiger partial charge in [0.15, 0.2) is 0 Å². The molecule has 7 nitrogen and oxygen atoms in total. The summed E-state index contributed by atoms with van der Waals surface area (Å²) in [6.07, 6.45) is 0.822. The Morgan fingerprint density at radius 1 is 1.41 bits per heavy atom. The van der Waals surface area contributed by atoms with Gasteiger partial charge in [0.2, 0.25) is 5.91 Å². The van der Waals surface area contributed by atoms with Crippen molar-refractivity contribution in [1.29, 1.82) is 0 Å². The maximum absolute atomic E-state index is 12.2. The van der Waals surface area contributed by atoms with Gasteiger partial charge in [-0.2, -0.15) is 0 Å². The van der Waals surface area contributed by atoms with Crippen molar-refractivity contribution in [1.82, 2.24) is 4.90 Å². The minimum absolute atomic E-state index is 0.0750. The van der Waals surface area contributed by atoms with Crippen molar-refractivity contribution in [2.45, 2.75) is 25.4 Å². The molecule has 0 aliphatic carbocycles.